The standard InChI is InChI=1S/C18H18N6O/c1-12-20-15(11-17(21-12)22-13-5-3-2-4-6-13)16-8-10-24(16)18(25)14-7-9-19-23-14/h2-7,9,11,16H,8,10H2,1H3,(H,19,23)(H,20,21,22)/t16-/m1/s1. The van der Waals surface area contributed by atoms with Crippen molar-refractivity contribution in [3.05, 3.63) is 65.9 Å². The molecule has 1 saturated heterocycles. The van der Waals surface area contributed by atoms with E-state index in [0.717, 1.165) is 23.6 Å². The minimum absolute atomic E-state index is 0.0335. The highest BCUT2D eigenvalue weighted by Gasteiger charge is 2.35. The zero-order chi connectivity index (χ0) is 17.2. The van der Waals surface area contributed by atoms with E-state index < -0.39 is 0 Å². The van der Waals surface area contributed by atoms with Crippen LogP contribution in [0, 0.1) is 6.92 Å². The van der Waals surface area contributed by atoms with Gasteiger partial charge in [0.1, 0.15) is 17.3 Å². The topological polar surface area (TPSA) is 86.8 Å². The van der Waals surface area contributed by atoms with E-state index in [0.29, 0.717) is 18.1 Å². The number of para-hydroxylation sites is 1. The van der Waals surface area contributed by atoms with E-state index in [1.165, 1.54) is 0 Å². The number of likely N-dealkylation sites (tertiary alicyclic amines) is 1. The number of hydrogen-bond acceptors (Lipinski definition) is 5. The minimum atomic E-state index is -0.0532. The Bertz CT molecular complexity index is 878. The summed E-state index contributed by atoms with van der Waals surface area (Å²) >= 11 is 0. The second-order valence-electron chi connectivity index (χ2n) is 5.99. The largest absolute Gasteiger partial charge is 0.340 e. The van der Waals surface area contributed by atoms with Crippen molar-refractivity contribution in [1.82, 2.24) is 25.1 Å². The first-order chi connectivity index (χ1) is 12.2. The summed E-state index contributed by atoms with van der Waals surface area (Å²) in [5, 5.41) is 9.87. The lowest BCUT2D eigenvalue weighted by Crippen LogP contribution is -2.45. The zero-order valence-electron chi connectivity index (χ0n) is 13.8. The van der Waals surface area contributed by atoms with Crippen LogP contribution in [0.3, 0.4) is 0 Å². The molecule has 7 heteroatoms. The lowest BCUT2D eigenvalue weighted by atomic mass is 9.98. The number of carbonyl (C=O) groups excluding carboxylic acids is 1. The molecule has 7 nitrogen and oxygen atoms in total. The number of nitrogens with zero attached hydrogens (tertiary/aromatic N) is 4. The zero-order valence-corrected chi connectivity index (χ0v) is 13.8. The molecule has 1 aromatic carbocycles. The van der Waals surface area contributed by atoms with Gasteiger partial charge < -0.3 is 10.2 Å². The quantitative estimate of drug-likeness (QED) is 0.766. The van der Waals surface area contributed by atoms with Gasteiger partial charge in [0.2, 0.25) is 0 Å². The van der Waals surface area contributed by atoms with Crippen LogP contribution in [0.5, 0.6) is 0 Å². The fourth-order valence-electron chi connectivity index (χ4n) is 2.96. The first-order valence-electron chi connectivity index (χ1n) is 8.19. The molecule has 0 saturated carbocycles. The molecule has 25 heavy (non-hydrogen) atoms. The average Bonchev–Trinajstić information content (AvgIpc) is 3.08. The maximum absolute atomic E-state index is 12.5. The third-order valence-corrected chi connectivity index (χ3v) is 4.26. The van der Waals surface area contributed by atoms with Crippen LogP contribution in [-0.2, 0) is 0 Å². The number of aromatic amines is 1. The second kappa shape index (κ2) is 6.35. The van der Waals surface area contributed by atoms with Crippen LogP contribution in [0.2, 0.25) is 0 Å². The smallest absolute Gasteiger partial charge is 0.272 e. The van der Waals surface area contributed by atoms with E-state index in [-0.39, 0.29) is 11.9 Å². The molecule has 2 aromatic heterocycles. The van der Waals surface area contributed by atoms with Gasteiger partial charge in [-0.25, -0.2) is 9.97 Å². The molecule has 2 N–H and O–H groups in total. The van der Waals surface area contributed by atoms with E-state index in [4.69, 9.17) is 0 Å². The van der Waals surface area contributed by atoms with Gasteiger partial charge in [0.05, 0.1) is 11.7 Å². The number of anilines is 2. The third kappa shape index (κ3) is 3.08. The van der Waals surface area contributed by atoms with Gasteiger partial charge in [-0.05, 0) is 31.5 Å². The number of H-pyrrole nitrogens is 1. The molecule has 0 radical (unpaired) electrons. The summed E-state index contributed by atoms with van der Waals surface area (Å²) in [6.07, 6.45) is 2.47. The molecule has 126 valence electrons. The number of benzene rings is 1. The fraction of sp³-hybridized carbons (Fsp3) is 0.222. The van der Waals surface area contributed by atoms with Crippen molar-refractivity contribution in [2.24, 2.45) is 0 Å². The molecule has 0 spiro atoms. The average molecular weight is 334 g/mol. The normalized spacial score (nSPS) is 16.4. The molecule has 1 atom stereocenters. The Balaban J connectivity index is 1.57. The first-order valence-corrected chi connectivity index (χ1v) is 8.19. The van der Waals surface area contributed by atoms with Gasteiger partial charge in [-0.3, -0.25) is 9.89 Å². The van der Waals surface area contributed by atoms with Crippen molar-refractivity contribution >= 4 is 17.4 Å². The molecule has 1 amide bonds. The Labute approximate surface area is 145 Å². The molecular weight excluding hydrogens is 316 g/mol. The number of rotatable bonds is 4. The summed E-state index contributed by atoms with van der Waals surface area (Å²) in [5.41, 5.74) is 2.31. The summed E-state index contributed by atoms with van der Waals surface area (Å²) in [7, 11) is 0. The predicted octanol–water partition coefficient (Wildman–Crippen LogP) is 2.84. The second-order valence-corrected chi connectivity index (χ2v) is 5.99. The molecule has 0 unspecified atom stereocenters. The molecule has 1 aliphatic rings. The maximum atomic E-state index is 12.5. The van der Waals surface area contributed by atoms with E-state index in [1.807, 2.05) is 48.2 Å². The number of hydrogen-bond donors (Lipinski definition) is 2. The lowest BCUT2D eigenvalue weighted by Gasteiger charge is -2.40. The molecule has 3 aromatic rings. The Morgan fingerprint density at radius 1 is 1.24 bits per heavy atom. The Morgan fingerprint density at radius 3 is 2.76 bits per heavy atom. The van der Waals surface area contributed by atoms with Crippen molar-refractivity contribution < 1.29 is 4.79 Å². The van der Waals surface area contributed by atoms with Crippen molar-refractivity contribution in [3.8, 4) is 0 Å². The van der Waals surface area contributed by atoms with Crippen molar-refractivity contribution in [1.29, 1.82) is 0 Å². The number of aryl methyl sites for hydroxylation is 1. The molecule has 3 heterocycles. The molecule has 1 fully saturated rings. The number of aromatic nitrogens is 4. The molecule has 0 bridgehead atoms. The Morgan fingerprint density at radius 2 is 2.08 bits per heavy atom. The molecular formula is C18H18N6O. The van der Waals surface area contributed by atoms with Crippen LogP contribution in [0.1, 0.15) is 34.5 Å². The van der Waals surface area contributed by atoms with Crippen molar-refractivity contribution in [3.63, 3.8) is 0 Å². The molecule has 0 aliphatic carbocycles. The number of nitrogens with one attached hydrogen (secondary N) is 2. The van der Waals surface area contributed by atoms with Gasteiger partial charge in [-0.15, -0.1) is 0 Å². The Hall–Kier alpha value is -3.22. The van der Waals surface area contributed by atoms with E-state index >= 15 is 0 Å². The van der Waals surface area contributed by atoms with Gasteiger partial charge in [0.15, 0.2) is 0 Å². The molecule has 4 rings (SSSR count). The third-order valence-electron chi connectivity index (χ3n) is 4.26. The highest BCUT2D eigenvalue weighted by molar-refractivity contribution is 5.93. The number of amides is 1. The van der Waals surface area contributed by atoms with E-state index in [9.17, 15) is 4.79 Å². The highest BCUT2D eigenvalue weighted by atomic mass is 16.2. The summed E-state index contributed by atoms with van der Waals surface area (Å²) in [6, 6.07) is 13.4. The van der Waals surface area contributed by atoms with Crippen molar-refractivity contribution in [2.45, 2.75) is 19.4 Å². The fourth-order valence-corrected chi connectivity index (χ4v) is 2.96. The van der Waals surface area contributed by atoms with Gasteiger partial charge in [-0.1, -0.05) is 18.2 Å². The van der Waals surface area contributed by atoms with Crippen LogP contribution in [0.15, 0.2) is 48.7 Å². The number of carbonyl (C=O) groups is 1. The van der Waals surface area contributed by atoms with Crippen LogP contribution in [0.25, 0.3) is 0 Å². The highest BCUT2D eigenvalue weighted by Crippen LogP contribution is 2.34. The van der Waals surface area contributed by atoms with Gasteiger partial charge >= 0.3 is 0 Å². The minimum Gasteiger partial charge on any atom is -0.340 e. The summed E-state index contributed by atoms with van der Waals surface area (Å²) in [6.45, 7) is 2.58. The lowest BCUT2D eigenvalue weighted by molar-refractivity contribution is 0.0444. The SMILES string of the molecule is Cc1nc(Nc2ccccc2)cc([C@H]2CCN2C(=O)c2ccn[nH]2)n1. The maximum Gasteiger partial charge on any atom is 0.272 e. The van der Waals surface area contributed by atoms with Gasteiger partial charge in [-0.2, -0.15) is 5.10 Å². The summed E-state index contributed by atoms with van der Waals surface area (Å²) in [5.74, 6) is 1.36. The monoisotopic (exact) mass is 334 g/mol. The van der Waals surface area contributed by atoms with Crippen LogP contribution in [0.4, 0.5) is 11.5 Å². The van der Waals surface area contributed by atoms with Crippen LogP contribution >= 0.6 is 0 Å². The Kier molecular flexibility index (Phi) is 3.89. The van der Waals surface area contributed by atoms with Gasteiger partial charge in [0, 0.05) is 24.5 Å². The van der Waals surface area contributed by atoms with E-state index in [1.54, 1.807) is 12.3 Å². The predicted molar refractivity (Wildman–Crippen MR) is 93.5 cm³/mol. The van der Waals surface area contributed by atoms with E-state index in [2.05, 4.69) is 25.5 Å². The summed E-state index contributed by atoms with van der Waals surface area (Å²) < 4.78 is 0. The summed E-state index contributed by atoms with van der Waals surface area (Å²) in [4.78, 5) is 23.3. The van der Waals surface area contributed by atoms with Gasteiger partial charge in [0.25, 0.3) is 5.91 Å². The van der Waals surface area contributed by atoms with Crippen LogP contribution in [-0.4, -0.2) is 37.5 Å². The first kappa shape index (κ1) is 15.3. The van der Waals surface area contributed by atoms with Crippen molar-refractivity contribution in [2.75, 3.05) is 11.9 Å². The van der Waals surface area contributed by atoms with Crippen LogP contribution < -0.4 is 5.32 Å². The molecule has 1 aliphatic heterocycles.